The molecule has 0 unspecified atom stereocenters. The van der Waals surface area contributed by atoms with Crippen LogP contribution < -0.4 is 4.90 Å². The van der Waals surface area contributed by atoms with Crippen LogP contribution in [-0.2, 0) is 9.84 Å². The van der Waals surface area contributed by atoms with Gasteiger partial charge in [0.15, 0.2) is 9.84 Å². The number of rotatable bonds is 2. The van der Waals surface area contributed by atoms with Gasteiger partial charge in [-0.1, -0.05) is 12.1 Å². The highest BCUT2D eigenvalue weighted by Gasteiger charge is 2.21. The lowest BCUT2D eigenvalue weighted by atomic mass is 10.1. The van der Waals surface area contributed by atoms with Crippen molar-refractivity contribution in [1.82, 2.24) is 0 Å². The summed E-state index contributed by atoms with van der Waals surface area (Å²) < 4.78 is 22.6. The van der Waals surface area contributed by atoms with Gasteiger partial charge in [-0.3, -0.25) is 0 Å². The Hall–Kier alpha value is -1.07. The third-order valence-electron chi connectivity index (χ3n) is 3.09. The molecule has 0 bridgehead atoms. The van der Waals surface area contributed by atoms with Gasteiger partial charge in [0.05, 0.1) is 17.6 Å². The van der Waals surface area contributed by atoms with Gasteiger partial charge in [-0.2, -0.15) is 0 Å². The number of hydrogen-bond donors (Lipinski definition) is 1. The van der Waals surface area contributed by atoms with Gasteiger partial charge in [-0.15, -0.1) is 0 Å². The maximum Gasteiger partial charge on any atom is 0.153 e. The second-order valence-corrected chi connectivity index (χ2v) is 6.71. The van der Waals surface area contributed by atoms with Crippen LogP contribution in [0.4, 0.5) is 5.69 Å². The van der Waals surface area contributed by atoms with Gasteiger partial charge in [0.1, 0.15) is 0 Å². The van der Waals surface area contributed by atoms with E-state index in [-0.39, 0.29) is 11.5 Å². The van der Waals surface area contributed by atoms with Crippen molar-refractivity contribution in [3.05, 3.63) is 29.8 Å². The van der Waals surface area contributed by atoms with Crippen LogP contribution in [0.15, 0.2) is 24.3 Å². The van der Waals surface area contributed by atoms with Crippen molar-refractivity contribution in [3.8, 4) is 0 Å². The Balaban J connectivity index is 2.09. The molecule has 5 heteroatoms. The molecule has 0 aliphatic carbocycles. The van der Waals surface area contributed by atoms with Crippen molar-refractivity contribution in [1.29, 1.82) is 0 Å². The Labute approximate surface area is 102 Å². The van der Waals surface area contributed by atoms with Crippen molar-refractivity contribution in [2.24, 2.45) is 0 Å². The van der Waals surface area contributed by atoms with Crippen molar-refractivity contribution in [2.45, 2.75) is 13.0 Å². The minimum Gasteiger partial charge on any atom is -0.389 e. The van der Waals surface area contributed by atoms with Gasteiger partial charge in [0.25, 0.3) is 0 Å². The quantitative estimate of drug-likeness (QED) is 0.855. The Morgan fingerprint density at radius 3 is 2.18 bits per heavy atom. The van der Waals surface area contributed by atoms with Crippen LogP contribution in [0.1, 0.15) is 18.6 Å². The molecule has 4 nitrogen and oxygen atoms in total. The predicted octanol–water partition coefficient (Wildman–Crippen LogP) is 0.975. The van der Waals surface area contributed by atoms with Gasteiger partial charge < -0.3 is 10.0 Å². The molecular formula is C12H17NO3S. The minimum atomic E-state index is -2.83. The topological polar surface area (TPSA) is 57.6 Å². The van der Waals surface area contributed by atoms with Crippen molar-refractivity contribution in [2.75, 3.05) is 29.5 Å². The van der Waals surface area contributed by atoms with E-state index in [0.717, 1.165) is 11.3 Å². The molecule has 1 aliphatic rings. The van der Waals surface area contributed by atoms with Crippen LogP contribution in [0.25, 0.3) is 0 Å². The van der Waals surface area contributed by atoms with E-state index in [1.807, 2.05) is 24.3 Å². The van der Waals surface area contributed by atoms with Gasteiger partial charge in [0.2, 0.25) is 0 Å². The molecule has 0 amide bonds. The number of sulfone groups is 1. The number of benzene rings is 1. The molecule has 1 fully saturated rings. The molecule has 0 aromatic heterocycles. The second kappa shape index (κ2) is 4.66. The molecule has 1 N–H and O–H groups in total. The highest BCUT2D eigenvalue weighted by molar-refractivity contribution is 7.91. The first-order valence-corrected chi connectivity index (χ1v) is 7.53. The van der Waals surface area contributed by atoms with E-state index in [1.54, 1.807) is 6.92 Å². The summed E-state index contributed by atoms with van der Waals surface area (Å²) >= 11 is 0. The summed E-state index contributed by atoms with van der Waals surface area (Å²) in [5.41, 5.74) is 1.89. The third kappa shape index (κ3) is 2.98. The predicted molar refractivity (Wildman–Crippen MR) is 67.9 cm³/mol. The number of nitrogens with zero attached hydrogens (tertiary/aromatic N) is 1. The van der Waals surface area contributed by atoms with Crippen LogP contribution in [0, 0.1) is 0 Å². The average molecular weight is 255 g/mol. The van der Waals surface area contributed by atoms with Crippen LogP contribution in [0.2, 0.25) is 0 Å². The molecule has 0 spiro atoms. The summed E-state index contributed by atoms with van der Waals surface area (Å²) in [6.45, 7) is 2.83. The Morgan fingerprint density at radius 1 is 1.18 bits per heavy atom. The largest absolute Gasteiger partial charge is 0.389 e. The van der Waals surface area contributed by atoms with Crippen LogP contribution >= 0.6 is 0 Å². The maximum absolute atomic E-state index is 11.3. The monoisotopic (exact) mass is 255 g/mol. The summed E-state index contributed by atoms with van der Waals surface area (Å²) in [5.74, 6) is 0.455. The lowest BCUT2D eigenvalue weighted by Crippen LogP contribution is -2.40. The van der Waals surface area contributed by atoms with Crippen LogP contribution in [0.3, 0.4) is 0 Å². The van der Waals surface area contributed by atoms with E-state index in [2.05, 4.69) is 4.90 Å². The average Bonchev–Trinajstić information content (AvgIpc) is 2.29. The van der Waals surface area contributed by atoms with Gasteiger partial charge in [-0.25, -0.2) is 8.42 Å². The molecule has 17 heavy (non-hydrogen) atoms. The normalized spacial score (nSPS) is 21.2. The van der Waals surface area contributed by atoms with Crippen molar-refractivity contribution in [3.63, 3.8) is 0 Å². The van der Waals surface area contributed by atoms with E-state index >= 15 is 0 Å². The smallest absolute Gasteiger partial charge is 0.153 e. The minimum absolute atomic E-state index is 0.227. The molecule has 0 saturated carbocycles. The summed E-state index contributed by atoms with van der Waals surface area (Å²) in [6.07, 6.45) is -0.467. The Kier molecular flexibility index (Phi) is 3.40. The molecule has 1 atom stereocenters. The lowest BCUT2D eigenvalue weighted by Gasteiger charge is -2.28. The zero-order valence-electron chi connectivity index (χ0n) is 9.83. The van der Waals surface area contributed by atoms with Gasteiger partial charge >= 0.3 is 0 Å². The molecule has 94 valence electrons. The van der Waals surface area contributed by atoms with Gasteiger partial charge in [0, 0.05) is 18.8 Å². The SMILES string of the molecule is C[C@H](O)c1ccc(N2CCS(=O)(=O)CC2)cc1. The number of hydrogen-bond acceptors (Lipinski definition) is 4. The fourth-order valence-electron chi connectivity index (χ4n) is 1.93. The number of aliphatic hydroxyl groups is 1. The van der Waals surface area contributed by atoms with E-state index in [0.29, 0.717) is 13.1 Å². The molecule has 2 rings (SSSR count). The van der Waals surface area contributed by atoms with Crippen LogP contribution in [0.5, 0.6) is 0 Å². The van der Waals surface area contributed by atoms with Gasteiger partial charge in [-0.05, 0) is 24.6 Å². The summed E-state index contributed by atoms with van der Waals surface area (Å²) in [7, 11) is -2.83. The Bertz CT molecular complexity index is 465. The zero-order valence-corrected chi connectivity index (χ0v) is 10.7. The second-order valence-electron chi connectivity index (χ2n) is 4.41. The first-order chi connectivity index (χ1) is 7.98. The van der Waals surface area contributed by atoms with Crippen LogP contribution in [-0.4, -0.2) is 38.1 Å². The highest BCUT2D eigenvalue weighted by Crippen LogP contribution is 2.20. The molecule has 0 radical (unpaired) electrons. The van der Waals surface area contributed by atoms with E-state index < -0.39 is 15.9 Å². The fourth-order valence-corrected chi connectivity index (χ4v) is 3.14. The fraction of sp³-hybridized carbons (Fsp3) is 0.500. The number of aliphatic hydroxyl groups excluding tert-OH is 1. The summed E-state index contributed by atoms with van der Waals surface area (Å²) in [6, 6.07) is 7.62. The zero-order chi connectivity index (χ0) is 12.5. The van der Waals surface area contributed by atoms with E-state index in [1.165, 1.54) is 0 Å². The molecule has 1 heterocycles. The molecule has 1 aliphatic heterocycles. The lowest BCUT2D eigenvalue weighted by molar-refractivity contribution is 0.199. The Morgan fingerprint density at radius 2 is 1.71 bits per heavy atom. The standard InChI is InChI=1S/C12H17NO3S/c1-10(14)11-2-4-12(5-3-11)13-6-8-17(15,16)9-7-13/h2-5,10,14H,6-9H2,1H3/t10-/m0/s1. The summed E-state index contributed by atoms with van der Waals surface area (Å²) in [4.78, 5) is 2.06. The number of anilines is 1. The summed E-state index contributed by atoms with van der Waals surface area (Å²) in [5, 5.41) is 9.40. The van der Waals surface area contributed by atoms with E-state index in [4.69, 9.17) is 0 Å². The first-order valence-electron chi connectivity index (χ1n) is 5.71. The highest BCUT2D eigenvalue weighted by atomic mass is 32.2. The molecule has 1 aromatic carbocycles. The first kappa shape index (κ1) is 12.4. The molecule has 1 aromatic rings. The molecular weight excluding hydrogens is 238 g/mol. The molecule has 1 saturated heterocycles. The van der Waals surface area contributed by atoms with Crippen molar-refractivity contribution >= 4 is 15.5 Å². The van der Waals surface area contributed by atoms with Crippen molar-refractivity contribution < 1.29 is 13.5 Å². The maximum atomic E-state index is 11.3. The third-order valence-corrected chi connectivity index (χ3v) is 4.69. The van der Waals surface area contributed by atoms with E-state index in [9.17, 15) is 13.5 Å².